The Hall–Kier alpha value is -1.78. The van der Waals surface area contributed by atoms with Gasteiger partial charge in [0.1, 0.15) is 0 Å². The highest BCUT2D eigenvalue weighted by Gasteiger charge is 2.29. The van der Waals surface area contributed by atoms with Gasteiger partial charge in [-0.1, -0.05) is 12.1 Å². The standard InChI is InChI=1S/C18H24F3N5.HI/c1-3-22-17(24-11-9-15-12-25-26(2)13-15)23-10-8-14-4-6-16(7-5-14)18(19,20)21;/h4-7,12-13H,3,8-11H2,1-2H3,(H2,22,23,24);1H. The molecule has 9 heteroatoms. The molecule has 150 valence electrons. The number of hydrogen-bond acceptors (Lipinski definition) is 2. The second-order valence-electron chi connectivity index (χ2n) is 5.90. The van der Waals surface area contributed by atoms with Crippen LogP contribution in [0.5, 0.6) is 0 Å². The van der Waals surface area contributed by atoms with Gasteiger partial charge in [-0.3, -0.25) is 9.67 Å². The van der Waals surface area contributed by atoms with Crippen LogP contribution in [0.2, 0.25) is 0 Å². The zero-order valence-electron chi connectivity index (χ0n) is 15.4. The van der Waals surface area contributed by atoms with E-state index in [0.29, 0.717) is 18.9 Å². The van der Waals surface area contributed by atoms with Gasteiger partial charge in [0.15, 0.2) is 5.96 Å². The molecule has 0 radical (unpaired) electrons. The van der Waals surface area contributed by atoms with Crippen LogP contribution in [0.15, 0.2) is 41.7 Å². The molecule has 0 amide bonds. The van der Waals surface area contributed by atoms with Crippen molar-refractivity contribution in [3.8, 4) is 0 Å². The summed E-state index contributed by atoms with van der Waals surface area (Å²) in [5, 5.41) is 10.5. The van der Waals surface area contributed by atoms with Gasteiger partial charge < -0.3 is 10.6 Å². The summed E-state index contributed by atoms with van der Waals surface area (Å²) in [5.74, 6) is 0.698. The van der Waals surface area contributed by atoms with Crippen molar-refractivity contribution in [3.05, 3.63) is 53.3 Å². The quantitative estimate of drug-likeness (QED) is 0.352. The summed E-state index contributed by atoms with van der Waals surface area (Å²) in [6.45, 7) is 3.93. The van der Waals surface area contributed by atoms with E-state index in [1.807, 2.05) is 26.4 Å². The summed E-state index contributed by atoms with van der Waals surface area (Å²) in [6, 6.07) is 5.22. The Balaban J connectivity index is 0.00000364. The first-order valence-electron chi connectivity index (χ1n) is 8.54. The third-order valence-electron chi connectivity index (χ3n) is 3.76. The minimum absolute atomic E-state index is 0. The fourth-order valence-electron chi connectivity index (χ4n) is 2.43. The topological polar surface area (TPSA) is 54.2 Å². The Morgan fingerprint density at radius 1 is 1.11 bits per heavy atom. The molecule has 5 nitrogen and oxygen atoms in total. The number of hydrogen-bond donors (Lipinski definition) is 2. The van der Waals surface area contributed by atoms with Crippen LogP contribution in [0.3, 0.4) is 0 Å². The Kier molecular flexibility index (Phi) is 9.61. The molecule has 0 atom stereocenters. The van der Waals surface area contributed by atoms with Gasteiger partial charge in [0.2, 0.25) is 0 Å². The minimum Gasteiger partial charge on any atom is -0.357 e. The molecule has 0 aliphatic carbocycles. The third kappa shape index (κ3) is 8.19. The SMILES string of the molecule is CCNC(=NCCc1ccc(C(F)(F)F)cc1)NCCc1cnn(C)c1.I. The molecule has 1 aromatic carbocycles. The van der Waals surface area contributed by atoms with Crippen LogP contribution in [0.4, 0.5) is 13.2 Å². The van der Waals surface area contributed by atoms with Crippen molar-refractivity contribution in [1.29, 1.82) is 0 Å². The van der Waals surface area contributed by atoms with Crippen molar-refractivity contribution < 1.29 is 13.2 Å². The van der Waals surface area contributed by atoms with Gasteiger partial charge in [-0.15, -0.1) is 24.0 Å². The van der Waals surface area contributed by atoms with Crippen LogP contribution in [0, 0.1) is 0 Å². The molecule has 27 heavy (non-hydrogen) atoms. The normalized spacial score (nSPS) is 11.8. The zero-order valence-corrected chi connectivity index (χ0v) is 17.7. The summed E-state index contributed by atoms with van der Waals surface area (Å²) in [4.78, 5) is 4.47. The van der Waals surface area contributed by atoms with Gasteiger partial charge in [0.25, 0.3) is 0 Å². The van der Waals surface area contributed by atoms with Crippen molar-refractivity contribution in [3.63, 3.8) is 0 Å². The largest absolute Gasteiger partial charge is 0.416 e. The van der Waals surface area contributed by atoms with Crippen LogP contribution in [-0.4, -0.2) is 35.4 Å². The van der Waals surface area contributed by atoms with E-state index in [1.54, 1.807) is 4.68 Å². The first-order chi connectivity index (χ1) is 12.4. The summed E-state index contributed by atoms with van der Waals surface area (Å²) < 4.78 is 39.4. The lowest BCUT2D eigenvalue weighted by atomic mass is 10.1. The zero-order chi connectivity index (χ0) is 19.0. The summed E-state index contributed by atoms with van der Waals surface area (Å²) in [6.07, 6.45) is 0.911. The maximum Gasteiger partial charge on any atom is 0.416 e. The van der Waals surface area contributed by atoms with Gasteiger partial charge in [-0.25, -0.2) is 0 Å². The maximum atomic E-state index is 12.6. The monoisotopic (exact) mass is 495 g/mol. The molecule has 1 heterocycles. The number of nitrogens with zero attached hydrogens (tertiary/aromatic N) is 3. The lowest BCUT2D eigenvalue weighted by Gasteiger charge is -2.11. The molecule has 0 aliphatic heterocycles. The first-order valence-corrected chi connectivity index (χ1v) is 8.54. The van der Waals surface area contributed by atoms with E-state index < -0.39 is 11.7 Å². The number of rotatable bonds is 7. The van der Waals surface area contributed by atoms with Crippen molar-refractivity contribution in [2.75, 3.05) is 19.6 Å². The van der Waals surface area contributed by atoms with Crippen LogP contribution in [0.1, 0.15) is 23.6 Å². The highest BCUT2D eigenvalue weighted by Crippen LogP contribution is 2.29. The fourth-order valence-corrected chi connectivity index (χ4v) is 2.43. The molecular weight excluding hydrogens is 470 g/mol. The number of halogens is 4. The van der Waals surface area contributed by atoms with Crippen LogP contribution < -0.4 is 10.6 Å². The average molecular weight is 495 g/mol. The molecule has 2 N–H and O–H groups in total. The van der Waals surface area contributed by atoms with E-state index >= 15 is 0 Å². The van der Waals surface area contributed by atoms with E-state index in [0.717, 1.165) is 42.8 Å². The highest BCUT2D eigenvalue weighted by molar-refractivity contribution is 14.0. The molecule has 0 aliphatic rings. The second kappa shape index (κ2) is 11.2. The summed E-state index contributed by atoms with van der Waals surface area (Å²) >= 11 is 0. The number of aromatic nitrogens is 2. The molecule has 1 aromatic heterocycles. The predicted octanol–water partition coefficient (Wildman–Crippen LogP) is 3.40. The van der Waals surface area contributed by atoms with E-state index in [-0.39, 0.29) is 24.0 Å². The van der Waals surface area contributed by atoms with E-state index in [1.165, 1.54) is 12.1 Å². The first kappa shape index (κ1) is 23.3. The molecule has 2 rings (SSSR count). The molecule has 0 bridgehead atoms. The molecule has 0 saturated heterocycles. The van der Waals surface area contributed by atoms with E-state index in [9.17, 15) is 13.2 Å². The molecule has 0 fully saturated rings. The Morgan fingerprint density at radius 3 is 2.37 bits per heavy atom. The Bertz CT molecular complexity index is 711. The molecular formula is C18H25F3IN5. The fraction of sp³-hybridized carbons (Fsp3) is 0.444. The van der Waals surface area contributed by atoms with Crippen LogP contribution in [-0.2, 0) is 26.1 Å². The van der Waals surface area contributed by atoms with Crippen molar-refractivity contribution in [1.82, 2.24) is 20.4 Å². The van der Waals surface area contributed by atoms with Gasteiger partial charge >= 0.3 is 6.18 Å². The third-order valence-corrected chi connectivity index (χ3v) is 3.76. The Morgan fingerprint density at radius 2 is 1.81 bits per heavy atom. The van der Waals surface area contributed by atoms with Gasteiger partial charge in [0.05, 0.1) is 11.8 Å². The number of guanidine groups is 1. The molecule has 0 unspecified atom stereocenters. The Labute approximate surface area is 174 Å². The summed E-state index contributed by atoms with van der Waals surface area (Å²) in [5.41, 5.74) is 1.34. The molecule has 2 aromatic rings. The maximum absolute atomic E-state index is 12.6. The average Bonchev–Trinajstić information content (AvgIpc) is 3.00. The lowest BCUT2D eigenvalue weighted by Crippen LogP contribution is -2.38. The molecule has 0 saturated carbocycles. The smallest absolute Gasteiger partial charge is 0.357 e. The van der Waals surface area contributed by atoms with Crippen molar-refractivity contribution in [2.45, 2.75) is 25.9 Å². The number of alkyl halides is 3. The predicted molar refractivity (Wildman–Crippen MR) is 111 cm³/mol. The number of nitrogens with one attached hydrogen (secondary N) is 2. The van der Waals surface area contributed by atoms with Crippen LogP contribution in [0.25, 0.3) is 0 Å². The number of benzene rings is 1. The van der Waals surface area contributed by atoms with E-state index in [2.05, 4.69) is 20.7 Å². The van der Waals surface area contributed by atoms with E-state index in [4.69, 9.17) is 0 Å². The highest BCUT2D eigenvalue weighted by atomic mass is 127. The minimum atomic E-state index is -4.30. The van der Waals surface area contributed by atoms with Crippen molar-refractivity contribution in [2.24, 2.45) is 12.0 Å². The molecule has 0 spiro atoms. The van der Waals surface area contributed by atoms with Crippen molar-refractivity contribution >= 4 is 29.9 Å². The second-order valence-corrected chi connectivity index (χ2v) is 5.90. The number of aryl methyl sites for hydroxylation is 1. The lowest BCUT2D eigenvalue weighted by molar-refractivity contribution is -0.137. The number of aliphatic imine (C=N–C) groups is 1. The van der Waals surface area contributed by atoms with Gasteiger partial charge in [-0.2, -0.15) is 18.3 Å². The van der Waals surface area contributed by atoms with Crippen LogP contribution >= 0.6 is 24.0 Å². The summed E-state index contributed by atoms with van der Waals surface area (Å²) in [7, 11) is 1.88. The van der Waals surface area contributed by atoms with Gasteiger partial charge in [-0.05, 0) is 43.0 Å². The van der Waals surface area contributed by atoms with Gasteiger partial charge in [0, 0.05) is 32.9 Å².